The largest absolute Gasteiger partial charge is 0.287 e. The molecule has 25 heavy (non-hydrogen) atoms. The van der Waals surface area contributed by atoms with Crippen molar-refractivity contribution in [1.82, 2.24) is 9.88 Å². The van der Waals surface area contributed by atoms with Crippen LogP contribution in [-0.4, -0.2) is 27.5 Å². The highest BCUT2D eigenvalue weighted by Crippen LogP contribution is 2.38. The van der Waals surface area contributed by atoms with Crippen LogP contribution in [0.3, 0.4) is 0 Å². The molecule has 3 rings (SSSR count). The quantitative estimate of drug-likeness (QED) is 0.567. The van der Waals surface area contributed by atoms with Gasteiger partial charge < -0.3 is 0 Å². The third kappa shape index (κ3) is 3.60. The van der Waals surface area contributed by atoms with E-state index in [2.05, 4.69) is 9.98 Å². The third-order valence-corrected chi connectivity index (χ3v) is 5.22. The van der Waals surface area contributed by atoms with Crippen molar-refractivity contribution in [3.8, 4) is 0 Å². The van der Waals surface area contributed by atoms with E-state index in [9.17, 15) is 9.18 Å². The van der Waals surface area contributed by atoms with Crippen LogP contribution >= 0.6 is 23.4 Å². The molecule has 1 aromatic carbocycles. The van der Waals surface area contributed by atoms with Gasteiger partial charge in [-0.1, -0.05) is 23.7 Å². The van der Waals surface area contributed by atoms with Gasteiger partial charge in [0.2, 0.25) is 0 Å². The molecule has 1 fully saturated rings. The van der Waals surface area contributed by atoms with E-state index in [0.29, 0.717) is 22.3 Å². The smallest absolute Gasteiger partial charge is 0.267 e. The molecular formula is C18H15ClFN3OS. The number of benzene rings is 1. The lowest BCUT2D eigenvalue weighted by Gasteiger charge is -2.12. The number of amides is 1. The Labute approximate surface area is 154 Å². The van der Waals surface area contributed by atoms with Gasteiger partial charge in [0.1, 0.15) is 11.5 Å². The van der Waals surface area contributed by atoms with Gasteiger partial charge in [-0.05, 0) is 61.0 Å². The highest BCUT2D eigenvalue weighted by molar-refractivity contribution is 8.18. The van der Waals surface area contributed by atoms with E-state index in [-0.39, 0.29) is 16.9 Å². The number of aliphatic imine (C=N–C) groups is 1. The molecule has 2 aromatic rings. The summed E-state index contributed by atoms with van der Waals surface area (Å²) in [5, 5.41) is 0.839. The molecule has 1 aliphatic heterocycles. The summed E-state index contributed by atoms with van der Waals surface area (Å²) >= 11 is 7.35. The van der Waals surface area contributed by atoms with E-state index in [1.807, 2.05) is 13.8 Å². The van der Waals surface area contributed by atoms with Crippen LogP contribution in [0.1, 0.15) is 19.4 Å². The molecule has 0 N–H and O–H groups in total. The molecule has 1 amide bonds. The summed E-state index contributed by atoms with van der Waals surface area (Å²) in [5.41, 5.74) is 2.10. The Kier molecular flexibility index (Phi) is 5.20. The van der Waals surface area contributed by atoms with Crippen molar-refractivity contribution in [3.05, 3.63) is 64.0 Å². The Morgan fingerprint density at radius 1 is 1.32 bits per heavy atom. The summed E-state index contributed by atoms with van der Waals surface area (Å²) in [6.07, 6.45) is 1.58. The van der Waals surface area contributed by atoms with Crippen molar-refractivity contribution < 1.29 is 9.18 Å². The Morgan fingerprint density at radius 2 is 2.04 bits per heavy atom. The fourth-order valence-corrected chi connectivity index (χ4v) is 3.67. The number of carbonyl (C=O) groups is 1. The first kappa shape index (κ1) is 17.6. The fourth-order valence-electron chi connectivity index (χ4n) is 2.39. The maximum atomic E-state index is 13.1. The van der Waals surface area contributed by atoms with Crippen LogP contribution in [0.5, 0.6) is 0 Å². The topological polar surface area (TPSA) is 45.6 Å². The van der Waals surface area contributed by atoms with Crippen molar-refractivity contribution in [1.29, 1.82) is 0 Å². The SMILES string of the molecule is CCN1C(=O)/C(=C(\C)c2ccc(F)cc2)SC1=Nc1cccnc1Cl. The second-order valence-electron chi connectivity index (χ2n) is 5.32. The number of amidine groups is 1. The van der Waals surface area contributed by atoms with Crippen molar-refractivity contribution in [2.24, 2.45) is 4.99 Å². The Balaban J connectivity index is 2.01. The minimum absolute atomic E-state index is 0.118. The standard InChI is InChI=1S/C18H15ClFN3OS/c1-3-23-17(24)15(11(2)12-6-8-13(20)9-7-12)25-18(23)22-14-5-4-10-21-16(14)19/h4-10H,3H2,1-2H3/b15-11-,22-18?. The monoisotopic (exact) mass is 375 g/mol. The summed E-state index contributed by atoms with van der Waals surface area (Å²) in [5.74, 6) is -0.427. The minimum atomic E-state index is -0.310. The predicted molar refractivity (Wildman–Crippen MR) is 100 cm³/mol. The van der Waals surface area contributed by atoms with E-state index >= 15 is 0 Å². The van der Waals surface area contributed by atoms with Gasteiger partial charge in [-0.3, -0.25) is 9.69 Å². The van der Waals surface area contributed by atoms with Crippen LogP contribution < -0.4 is 0 Å². The van der Waals surface area contributed by atoms with Gasteiger partial charge in [0, 0.05) is 12.7 Å². The van der Waals surface area contributed by atoms with E-state index < -0.39 is 0 Å². The van der Waals surface area contributed by atoms with Gasteiger partial charge in [-0.2, -0.15) is 0 Å². The van der Waals surface area contributed by atoms with Crippen LogP contribution in [-0.2, 0) is 4.79 Å². The van der Waals surface area contributed by atoms with Crippen molar-refractivity contribution in [2.75, 3.05) is 6.54 Å². The molecule has 0 atom stereocenters. The number of allylic oxidation sites excluding steroid dienone is 1. The lowest BCUT2D eigenvalue weighted by molar-refractivity contribution is -0.122. The van der Waals surface area contributed by atoms with Crippen LogP contribution in [0.15, 0.2) is 52.5 Å². The van der Waals surface area contributed by atoms with Crippen LogP contribution in [0.2, 0.25) is 5.15 Å². The number of hydrogen-bond donors (Lipinski definition) is 0. The molecule has 1 aliphatic rings. The molecule has 0 spiro atoms. The first-order chi connectivity index (χ1) is 12.0. The predicted octanol–water partition coefficient (Wildman–Crippen LogP) is 4.89. The molecule has 128 valence electrons. The summed E-state index contributed by atoms with van der Waals surface area (Å²) < 4.78 is 13.1. The Hall–Kier alpha value is -2.18. The number of hydrogen-bond acceptors (Lipinski definition) is 4. The second-order valence-corrected chi connectivity index (χ2v) is 6.66. The number of pyridine rings is 1. The normalized spacial score (nSPS) is 18.2. The lowest BCUT2D eigenvalue weighted by atomic mass is 10.1. The van der Waals surface area contributed by atoms with Gasteiger partial charge in [-0.15, -0.1) is 0 Å². The molecule has 0 bridgehead atoms. The first-order valence-electron chi connectivity index (χ1n) is 7.67. The fraction of sp³-hybridized carbons (Fsp3) is 0.167. The number of likely N-dealkylation sites (N-methyl/N-ethyl adjacent to an activating group) is 1. The number of rotatable bonds is 3. The van der Waals surface area contributed by atoms with Gasteiger partial charge in [-0.25, -0.2) is 14.4 Å². The lowest BCUT2D eigenvalue weighted by Crippen LogP contribution is -2.28. The van der Waals surface area contributed by atoms with Gasteiger partial charge in [0.25, 0.3) is 5.91 Å². The zero-order valence-corrected chi connectivity index (χ0v) is 15.2. The van der Waals surface area contributed by atoms with Crippen LogP contribution in [0, 0.1) is 5.82 Å². The summed E-state index contributed by atoms with van der Waals surface area (Å²) in [4.78, 5) is 23.4. The zero-order chi connectivity index (χ0) is 18.0. The number of thioether (sulfide) groups is 1. The maximum absolute atomic E-state index is 13.1. The molecule has 0 radical (unpaired) electrons. The summed E-state index contributed by atoms with van der Waals surface area (Å²) in [7, 11) is 0. The Morgan fingerprint density at radius 3 is 2.68 bits per heavy atom. The molecule has 0 unspecified atom stereocenters. The van der Waals surface area contributed by atoms with Crippen LogP contribution in [0.4, 0.5) is 10.1 Å². The number of nitrogens with zero attached hydrogens (tertiary/aromatic N) is 3. The van der Waals surface area contributed by atoms with Crippen molar-refractivity contribution in [2.45, 2.75) is 13.8 Å². The number of halogens is 2. The summed E-state index contributed by atoms with van der Waals surface area (Å²) in [6.45, 7) is 4.22. The average Bonchev–Trinajstić information content (AvgIpc) is 2.92. The minimum Gasteiger partial charge on any atom is -0.287 e. The Bertz CT molecular complexity index is 880. The van der Waals surface area contributed by atoms with Gasteiger partial charge in [0.05, 0.1) is 4.91 Å². The first-order valence-corrected chi connectivity index (χ1v) is 8.86. The number of aromatic nitrogens is 1. The molecule has 0 saturated carbocycles. The molecule has 7 heteroatoms. The molecule has 2 heterocycles. The third-order valence-electron chi connectivity index (χ3n) is 3.75. The van der Waals surface area contributed by atoms with E-state index in [1.165, 1.54) is 23.9 Å². The summed E-state index contributed by atoms with van der Waals surface area (Å²) in [6, 6.07) is 9.57. The average molecular weight is 376 g/mol. The second kappa shape index (κ2) is 7.37. The highest BCUT2D eigenvalue weighted by atomic mass is 35.5. The van der Waals surface area contributed by atoms with Gasteiger partial charge >= 0.3 is 0 Å². The van der Waals surface area contributed by atoms with E-state index in [0.717, 1.165) is 11.1 Å². The molecule has 4 nitrogen and oxygen atoms in total. The molecule has 1 aromatic heterocycles. The van der Waals surface area contributed by atoms with Gasteiger partial charge in [0.15, 0.2) is 10.3 Å². The highest BCUT2D eigenvalue weighted by Gasteiger charge is 2.34. The molecule has 1 saturated heterocycles. The van der Waals surface area contributed by atoms with Crippen molar-refractivity contribution in [3.63, 3.8) is 0 Å². The van der Waals surface area contributed by atoms with Crippen molar-refractivity contribution >= 4 is 45.7 Å². The maximum Gasteiger partial charge on any atom is 0.267 e. The van der Waals surface area contributed by atoms with Crippen LogP contribution in [0.25, 0.3) is 5.57 Å². The molecular weight excluding hydrogens is 361 g/mol. The number of carbonyl (C=O) groups excluding carboxylic acids is 1. The van der Waals surface area contributed by atoms with E-state index in [1.54, 1.807) is 35.4 Å². The van der Waals surface area contributed by atoms with E-state index in [4.69, 9.17) is 11.6 Å². The zero-order valence-electron chi connectivity index (χ0n) is 13.7. The molecule has 0 aliphatic carbocycles.